The summed E-state index contributed by atoms with van der Waals surface area (Å²) in [4.78, 5) is 24.9. The molecule has 17 heavy (non-hydrogen) atoms. The van der Waals surface area contributed by atoms with Gasteiger partial charge in [0.15, 0.2) is 0 Å². The van der Waals surface area contributed by atoms with Crippen LogP contribution in [0, 0.1) is 10.1 Å². The van der Waals surface area contributed by atoms with E-state index < -0.39 is 16.6 Å². The van der Waals surface area contributed by atoms with Gasteiger partial charge < -0.3 is 5.11 Å². The van der Waals surface area contributed by atoms with Gasteiger partial charge in [0, 0.05) is 23.2 Å². The highest BCUT2D eigenvalue weighted by atomic mass is 32.1. The molecule has 0 amide bonds. The van der Waals surface area contributed by atoms with Crippen molar-refractivity contribution in [3.63, 3.8) is 0 Å². The van der Waals surface area contributed by atoms with Crippen molar-refractivity contribution >= 4 is 23.0 Å². The van der Waals surface area contributed by atoms with Crippen LogP contribution < -0.4 is 0 Å². The molecule has 86 valence electrons. The number of carbonyl (C=O) groups is 1. The molecular formula is C10H6N2O4S. The van der Waals surface area contributed by atoms with Gasteiger partial charge in [0.2, 0.25) is 0 Å². The SMILES string of the molecule is O=C(O)c1cc(-c2nccs2)ccc1[N+](=O)[O-]. The number of nitro groups is 1. The molecule has 0 spiro atoms. The maximum Gasteiger partial charge on any atom is 0.342 e. The molecule has 1 heterocycles. The van der Waals surface area contributed by atoms with Crippen molar-refractivity contribution in [2.45, 2.75) is 0 Å². The van der Waals surface area contributed by atoms with Crippen LogP contribution in [0.3, 0.4) is 0 Å². The fraction of sp³-hybridized carbons (Fsp3) is 0. The number of carboxylic acid groups (broad SMARTS) is 1. The molecule has 0 bridgehead atoms. The third-order valence-corrected chi connectivity index (χ3v) is 2.93. The zero-order valence-electron chi connectivity index (χ0n) is 8.36. The van der Waals surface area contributed by atoms with Crippen molar-refractivity contribution in [2.75, 3.05) is 0 Å². The Hall–Kier alpha value is -2.28. The molecule has 0 radical (unpaired) electrons. The number of aromatic nitrogens is 1. The summed E-state index contributed by atoms with van der Waals surface area (Å²) in [6.07, 6.45) is 1.59. The van der Waals surface area contributed by atoms with Gasteiger partial charge in [-0.15, -0.1) is 11.3 Å². The molecule has 1 aromatic carbocycles. The average molecular weight is 250 g/mol. The van der Waals surface area contributed by atoms with Gasteiger partial charge in [-0.1, -0.05) is 0 Å². The minimum absolute atomic E-state index is 0.331. The van der Waals surface area contributed by atoms with Gasteiger partial charge in [-0.2, -0.15) is 0 Å². The van der Waals surface area contributed by atoms with E-state index in [4.69, 9.17) is 5.11 Å². The monoisotopic (exact) mass is 250 g/mol. The minimum atomic E-state index is -1.32. The molecular weight excluding hydrogens is 244 g/mol. The summed E-state index contributed by atoms with van der Waals surface area (Å²) in [7, 11) is 0. The van der Waals surface area contributed by atoms with E-state index in [0.717, 1.165) is 0 Å². The average Bonchev–Trinajstić information content (AvgIpc) is 2.81. The molecule has 0 saturated heterocycles. The van der Waals surface area contributed by atoms with E-state index in [0.29, 0.717) is 10.6 Å². The van der Waals surface area contributed by atoms with Crippen molar-refractivity contribution in [1.29, 1.82) is 0 Å². The first-order valence-electron chi connectivity index (χ1n) is 4.51. The molecule has 0 aliphatic rings. The summed E-state index contributed by atoms with van der Waals surface area (Å²) in [5.41, 5.74) is -0.191. The number of hydrogen-bond acceptors (Lipinski definition) is 5. The Labute approximate surface area is 99.3 Å². The molecule has 1 aromatic heterocycles. The fourth-order valence-corrected chi connectivity index (χ4v) is 2.00. The lowest BCUT2D eigenvalue weighted by atomic mass is 10.1. The van der Waals surface area contributed by atoms with Crippen molar-refractivity contribution in [3.8, 4) is 10.6 Å². The molecule has 0 aliphatic carbocycles. The topological polar surface area (TPSA) is 93.3 Å². The lowest BCUT2D eigenvalue weighted by Crippen LogP contribution is -2.02. The number of benzene rings is 1. The number of aromatic carboxylic acids is 1. The summed E-state index contributed by atoms with van der Waals surface area (Å²) in [6.45, 7) is 0. The Kier molecular flexibility index (Phi) is 2.84. The highest BCUT2D eigenvalue weighted by Gasteiger charge is 2.20. The Bertz CT molecular complexity index is 580. The molecule has 1 N–H and O–H groups in total. The first kappa shape index (κ1) is 11.2. The van der Waals surface area contributed by atoms with Gasteiger partial charge in [0.1, 0.15) is 10.6 Å². The lowest BCUT2D eigenvalue weighted by Gasteiger charge is -2.00. The molecule has 7 heteroatoms. The van der Waals surface area contributed by atoms with Crippen molar-refractivity contribution in [2.24, 2.45) is 0 Å². The molecule has 0 saturated carbocycles. The van der Waals surface area contributed by atoms with Crippen LogP contribution in [0.2, 0.25) is 0 Å². The lowest BCUT2D eigenvalue weighted by molar-refractivity contribution is -0.385. The van der Waals surface area contributed by atoms with Crippen LogP contribution in [-0.2, 0) is 0 Å². The molecule has 0 aliphatic heterocycles. The quantitative estimate of drug-likeness (QED) is 0.666. The third-order valence-electron chi connectivity index (χ3n) is 2.10. The number of rotatable bonds is 3. The number of thiazole rings is 1. The van der Waals surface area contributed by atoms with Gasteiger partial charge in [0.25, 0.3) is 5.69 Å². The second kappa shape index (κ2) is 4.30. The summed E-state index contributed by atoms with van der Waals surface area (Å²) in [5.74, 6) is -1.32. The summed E-state index contributed by atoms with van der Waals surface area (Å²) in [6, 6.07) is 3.93. The number of hydrogen-bond donors (Lipinski definition) is 1. The van der Waals surface area contributed by atoms with Crippen LogP contribution in [0.4, 0.5) is 5.69 Å². The Balaban J connectivity index is 2.57. The summed E-state index contributed by atoms with van der Waals surface area (Å²) < 4.78 is 0. The van der Waals surface area contributed by atoms with Crippen LogP contribution >= 0.6 is 11.3 Å². The maximum absolute atomic E-state index is 10.9. The van der Waals surface area contributed by atoms with E-state index in [-0.39, 0.29) is 5.56 Å². The normalized spacial score (nSPS) is 10.1. The molecule has 2 rings (SSSR count). The zero-order chi connectivity index (χ0) is 12.4. The van der Waals surface area contributed by atoms with Crippen LogP contribution in [-0.4, -0.2) is 21.0 Å². The Morgan fingerprint density at radius 3 is 2.76 bits per heavy atom. The predicted molar refractivity (Wildman–Crippen MR) is 61.2 cm³/mol. The second-order valence-electron chi connectivity index (χ2n) is 3.13. The van der Waals surface area contributed by atoms with E-state index in [2.05, 4.69) is 4.98 Å². The van der Waals surface area contributed by atoms with E-state index in [1.54, 1.807) is 11.6 Å². The third kappa shape index (κ3) is 2.13. The number of nitrogens with zero attached hydrogens (tertiary/aromatic N) is 2. The largest absolute Gasteiger partial charge is 0.477 e. The number of nitro benzene ring substituents is 1. The summed E-state index contributed by atoms with van der Waals surface area (Å²) in [5, 5.41) is 21.9. The molecule has 2 aromatic rings. The van der Waals surface area contributed by atoms with Gasteiger partial charge in [0.05, 0.1) is 4.92 Å². The maximum atomic E-state index is 10.9. The van der Waals surface area contributed by atoms with Crippen LogP contribution in [0.25, 0.3) is 10.6 Å². The minimum Gasteiger partial charge on any atom is -0.477 e. The number of carboxylic acids is 1. The predicted octanol–water partition coefficient (Wildman–Crippen LogP) is 2.42. The smallest absolute Gasteiger partial charge is 0.342 e. The first-order valence-corrected chi connectivity index (χ1v) is 5.39. The van der Waals surface area contributed by atoms with Gasteiger partial charge in [-0.25, -0.2) is 9.78 Å². The highest BCUT2D eigenvalue weighted by molar-refractivity contribution is 7.13. The van der Waals surface area contributed by atoms with Crippen molar-refractivity contribution < 1.29 is 14.8 Å². The van der Waals surface area contributed by atoms with Crippen LogP contribution in [0.5, 0.6) is 0 Å². The Morgan fingerprint density at radius 2 is 2.24 bits per heavy atom. The van der Waals surface area contributed by atoms with E-state index in [1.165, 1.54) is 29.5 Å². The van der Waals surface area contributed by atoms with E-state index in [9.17, 15) is 14.9 Å². The second-order valence-corrected chi connectivity index (χ2v) is 4.03. The molecule has 0 atom stereocenters. The van der Waals surface area contributed by atoms with Crippen molar-refractivity contribution in [3.05, 3.63) is 45.5 Å². The van der Waals surface area contributed by atoms with Crippen LogP contribution in [0.15, 0.2) is 29.8 Å². The van der Waals surface area contributed by atoms with E-state index >= 15 is 0 Å². The van der Waals surface area contributed by atoms with Gasteiger partial charge in [-0.05, 0) is 12.1 Å². The Morgan fingerprint density at radius 1 is 1.47 bits per heavy atom. The molecule has 0 unspecified atom stereocenters. The van der Waals surface area contributed by atoms with E-state index in [1.807, 2.05) is 0 Å². The van der Waals surface area contributed by atoms with Crippen LogP contribution in [0.1, 0.15) is 10.4 Å². The zero-order valence-corrected chi connectivity index (χ0v) is 9.18. The standard InChI is InChI=1S/C10H6N2O4S/c13-10(14)7-5-6(9-11-3-4-17-9)1-2-8(7)12(15)16/h1-5H,(H,13,14). The molecule has 6 nitrogen and oxygen atoms in total. The van der Waals surface area contributed by atoms with Crippen molar-refractivity contribution in [1.82, 2.24) is 4.98 Å². The summed E-state index contributed by atoms with van der Waals surface area (Å²) >= 11 is 1.34. The van der Waals surface area contributed by atoms with Gasteiger partial charge >= 0.3 is 5.97 Å². The highest BCUT2D eigenvalue weighted by Crippen LogP contribution is 2.27. The molecule has 0 fully saturated rings. The first-order chi connectivity index (χ1) is 8.09. The van der Waals surface area contributed by atoms with Gasteiger partial charge in [-0.3, -0.25) is 10.1 Å². The fourth-order valence-electron chi connectivity index (χ4n) is 1.37.